The second-order valence-corrected chi connectivity index (χ2v) is 9.86. The van der Waals surface area contributed by atoms with Crippen LogP contribution in [0.2, 0.25) is 5.02 Å². The van der Waals surface area contributed by atoms with E-state index in [9.17, 15) is 13.2 Å². The fraction of sp³-hybridized carbons (Fsp3) is 0.143. The van der Waals surface area contributed by atoms with E-state index in [0.717, 1.165) is 21.1 Å². The number of aromatic nitrogens is 1. The quantitative estimate of drug-likeness (QED) is 0.493. The van der Waals surface area contributed by atoms with Crippen molar-refractivity contribution >= 4 is 38.9 Å². The Balaban J connectivity index is 1.65. The van der Waals surface area contributed by atoms with Crippen molar-refractivity contribution in [2.24, 2.45) is 0 Å². The number of benzene rings is 2. The van der Waals surface area contributed by atoms with Gasteiger partial charge in [0.15, 0.2) is 0 Å². The zero-order valence-electron chi connectivity index (χ0n) is 16.2. The zero-order valence-corrected chi connectivity index (χ0v) is 18.6. The van der Waals surface area contributed by atoms with E-state index >= 15 is 0 Å². The molecule has 0 fully saturated rings. The minimum Gasteiger partial charge on any atom is -0.346 e. The second-order valence-electron chi connectivity index (χ2n) is 6.37. The summed E-state index contributed by atoms with van der Waals surface area (Å²) in [6.07, 6.45) is 1.46. The summed E-state index contributed by atoms with van der Waals surface area (Å²) in [6.45, 7) is 5.87. The number of rotatable bonds is 8. The number of halogens is 1. The van der Waals surface area contributed by atoms with Gasteiger partial charge in [0.05, 0.1) is 17.1 Å². The number of aryl methyl sites for hydroxylation is 1. The molecule has 0 aliphatic carbocycles. The van der Waals surface area contributed by atoms with Gasteiger partial charge in [-0.3, -0.25) is 4.79 Å². The molecule has 1 heterocycles. The predicted molar refractivity (Wildman–Crippen MR) is 120 cm³/mol. The standard InChI is InChI=1S/C21H20ClN3O3S2/c1-3-12-24-30(27,28)18-10-6-16(7-11-18)21(26)23-13-19-25-20(14(2)29-19)15-4-8-17(22)9-5-15/h3-11,24H,1,12-13H2,2H3,(H,23,26). The number of amides is 1. The number of nitrogens with zero attached hydrogens (tertiary/aromatic N) is 1. The molecule has 30 heavy (non-hydrogen) atoms. The number of hydrogen-bond acceptors (Lipinski definition) is 5. The molecule has 0 saturated carbocycles. The first kappa shape index (κ1) is 22.2. The van der Waals surface area contributed by atoms with Gasteiger partial charge in [-0.1, -0.05) is 29.8 Å². The fourth-order valence-electron chi connectivity index (χ4n) is 2.70. The van der Waals surface area contributed by atoms with Crippen LogP contribution in [0.5, 0.6) is 0 Å². The van der Waals surface area contributed by atoms with E-state index in [2.05, 4.69) is 21.6 Å². The molecule has 1 amide bonds. The van der Waals surface area contributed by atoms with E-state index in [1.807, 2.05) is 31.2 Å². The Bertz CT molecular complexity index is 1160. The monoisotopic (exact) mass is 461 g/mol. The zero-order chi connectivity index (χ0) is 21.7. The molecule has 9 heteroatoms. The lowest BCUT2D eigenvalue weighted by molar-refractivity contribution is 0.0950. The van der Waals surface area contributed by atoms with E-state index in [1.54, 1.807) is 0 Å². The minimum atomic E-state index is -3.62. The van der Waals surface area contributed by atoms with Gasteiger partial charge in [0.25, 0.3) is 5.91 Å². The number of sulfonamides is 1. The van der Waals surface area contributed by atoms with Gasteiger partial charge in [-0.05, 0) is 43.3 Å². The molecule has 2 N–H and O–H groups in total. The Labute approximate surface area is 184 Å². The summed E-state index contributed by atoms with van der Waals surface area (Å²) in [4.78, 5) is 18.2. The van der Waals surface area contributed by atoms with Crippen molar-refractivity contribution in [1.29, 1.82) is 0 Å². The Morgan fingerprint density at radius 1 is 1.17 bits per heavy atom. The lowest BCUT2D eigenvalue weighted by Gasteiger charge is -2.06. The van der Waals surface area contributed by atoms with Gasteiger partial charge in [-0.15, -0.1) is 17.9 Å². The summed E-state index contributed by atoms with van der Waals surface area (Å²) in [6, 6.07) is 13.2. The van der Waals surface area contributed by atoms with Crippen LogP contribution in [0.3, 0.4) is 0 Å². The van der Waals surface area contributed by atoms with Crippen LogP contribution in [0.25, 0.3) is 11.3 Å². The van der Waals surface area contributed by atoms with Crippen molar-refractivity contribution in [3.05, 3.63) is 81.7 Å². The van der Waals surface area contributed by atoms with E-state index in [0.29, 0.717) is 10.6 Å². The molecule has 156 valence electrons. The third kappa shape index (κ3) is 5.34. The highest BCUT2D eigenvalue weighted by Crippen LogP contribution is 2.28. The summed E-state index contributed by atoms with van der Waals surface area (Å²) in [5.74, 6) is -0.307. The van der Waals surface area contributed by atoms with E-state index < -0.39 is 10.0 Å². The van der Waals surface area contributed by atoms with E-state index in [-0.39, 0.29) is 23.9 Å². The summed E-state index contributed by atoms with van der Waals surface area (Å²) in [5.41, 5.74) is 2.19. The average Bonchev–Trinajstić information content (AvgIpc) is 3.11. The largest absolute Gasteiger partial charge is 0.346 e. The number of nitrogens with one attached hydrogen (secondary N) is 2. The number of carbonyl (C=O) groups excluding carboxylic acids is 1. The van der Waals surface area contributed by atoms with Crippen LogP contribution < -0.4 is 10.0 Å². The molecule has 0 aliphatic heterocycles. The molecule has 0 aliphatic rings. The maximum Gasteiger partial charge on any atom is 0.251 e. The summed E-state index contributed by atoms with van der Waals surface area (Å²) >= 11 is 7.45. The maximum absolute atomic E-state index is 12.4. The topological polar surface area (TPSA) is 88.2 Å². The number of hydrogen-bond donors (Lipinski definition) is 2. The summed E-state index contributed by atoms with van der Waals surface area (Å²) in [5, 5.41) is 4.26. The van der Waals surface area contributed by atoms with Crippen LogP contribution in [0, 0.1) is 6.92 Å². The molecular weight excluding hydrogens is 442 g/mol. The third-order valence-corrected chi connectivity index (χ3v) is 6.87. The molecule has 0 unspecified atom stereocenters. The molecule has 0 bridgehead atoms. The SMILES string of the molecule is C=CCNS(=O)(=O)c1ccc(C(=O)NCc2nc(-c3ccc(Cl)cc3)c(C)s2)cc1. The smallest absolute Gasteiger partial charge is 0.251 e. The maximum atomic E-state index is 12.4. The molecule has 3 rings (SSSR count). The highest BCUT2D eigenvalue weighted by atomic mass is 35.5. The van der Waals surface area contributed by atoms with Crippen LogP contribution in [0.1, 0.15) is 20.2 Å². The first-order valence-electron chi connectivity index (χ1n) is 9.01. The third-order valence-electron chi connectivity index (χ3n) is 4.20. The summed E-state index contributed by atoms with van der Waals surface area (Å²) in [7, 11) is -3.62. The number of carbonyl (C=O) groups is 1. The Morgan fingerprint density at radius 2 is 1.83 bits per heavy atom. The van der Waals surface area contributed by atoms with Crippen LogP contribution in [-0.2, 0) is 16.6 Å². The van der Waals surface area contributed by atoms with Gasteiger partial charge in [-0.2, -0.15) is 0 Å². The normalized spacial score (nSPS) is 11.3. The van der Waals surface area contributed by atoms with Gasteiger partial charge in [-0.25, -0.2) is 18.1 Å². The van der Waals surface area contributed by atoms with Gasteiger partial charge in [0.2, 0.25) is 10.0 Å². The first-order chi connectivity index (χ1) is 14.3. The van der Waals surface area contributed by atoms with Crippen molar-refractivity contribution in [1.82, 2.24) is 15.0 Å². The molecule has 0 spiro atoms. The van der Waals surface area contributed by atoms with Crippen molar-refractivity contribution < 1.29 is 13.2 Å². The fourth-order valence-corrected chi connectivity index (χ4v) is 4.72. The average molecular weight is 462 g/mol. The van der Waals surface area contributed by atoms with Gasteiger partial charge >= 0.3 is 0 Å². The van der Waals surface area contributed by atoms with Crippen LogP contribution >= 0.6 is 22.9 Å². The van der Waals surface area contributed by atoms with Gasteiger partial charge in [0, 0.05) is 27.6 Å². The molecule has 1 aromatic heterocycles. The van der Waals surface area contributed by atoms with E-state index in [4.69, 9.17) is 11.6 Å². The molecule has 2 aromatic carbocycles. The van der Waals surface area contributed by atoms with E-state index in [1.165, 1.54) is 41.7 Å². The van der Waals surface area contributed by atoms with Gasteiger partial charge < -0.3 is 5.32 Å². The molecular formula is C21H20ClN3O3S2. The summed E-state index contributed by atoms with van der Waals surface area (Å²) < 4.78 is 26.5. The molecule has 3 aromatic rings. The lowest BCUT2D eigenvalue weighted by Crippen LogP contribution is -2.24. The Morgan fingerprint density at radius 3 is 2.47 bits per heavy atom. The first-order valence-corrected chi connectivity index (χ1v) is 11.7. The van der Waals surface area contributed by atoms with Crippen LogP contribution in [0.4, 0.5) is 0 Å². The second kappa shape index (κ2) is 9.53. The predicted octanol–water partition coefficient (Wildman–Crippen LogP) is 4.17. The van der Waals surface area contributed by atoms with Crippen LogP contribution in [0.15, 0.2) is 66.1 Å². The van der Waals surface area contributed by atoms with Crippen molar-refractivity contribution in [2.45, 2.75) is 18.4 Å². The number of thiazole rings is 1. The lowest BCUT2D eigenvalue weighted by atomic mass is 10.1. The Kier molecular flexibility index (Phi) is 7.04. The molecule has 0 radical (unpaired) electrons. The Hall–Kier alpha value is -2.52. The van der Waals surface area contributed by atoms with Gasteiger partial charge in [0.1, 0.15) is 5.01 Å². The van der Waals surface area contributed by atoms with Crippen molar-refractivity contribution in [3.8, 4) is 11.3 Å². The van der Waals surface area contributed by atoms with Crippen molar-refractivity contribution in [2.75, 3.05) is 6.54 Å². The highest BCUT2D eigenvalue weighted by Gasteiger charge is 2.15. The molecule has 6 nitrogen and oxygen atoms in total. The molecule has 0 saturated heterocycles. The molecule has 0 atom stereocenters. The highest BCUT2D eigenvalue weighted by molar-refractivity contribution is 7.89. The van der Waals surface area contributed by atoms with Crippen molar-refractivity contribution in [3.63, 3.8) is 0 Å². The minimum absolute atomic E-state index is 0.0871. The van der Waals surface area contributed by atoms with Crippen LogP contribution in [-0.4, -0.2) is 25.9 Å².